The molecule has 1 aromatic carbocycles. The molecule has 0 saturated carbocycles. The van der Waals surface area contributed by atoms with Crippen LogP contribution in [0.5, 0.6) is 0 Å². The SMILES string of the molecule is NCc1cccc2c1C(=O)N([C@@H](CCC(N)=O)C(=O)O)C2=O. The molecule has 8 nitrogen and oxygen atoms in total. The lowest BCUT2D eigenvalue weighted by molar-refractivity contribution is -0.141. The number of carboxylic acid groups (broad SMARTS) is 1. The number of carbonyl (C=O) groups excluding carboxylic acids is 3. The molecule has 116 valence electrons. The molecule has 1 atom stereocenters. The summed E-state index contributed by atoms with van der Waals surface area (Å²) in [5.74, 6) is -3.49. The fourth-order valence-corrected chi connectivity index (χ4v) is 2.47. The first-order chi connectivity index (χ1) is 10.4. The molecule has 0 saturated heterocycles. The van der Waals surface area contributed by atoms with Crippen molar-refractivity contribution < 1.29 is 24.3 Å². The summed E-state index contributed by atoms with van der Waals surface area (Å²) in [6, 6.07) is 3.19. The van der Waals surface area contributed by atoms with Gasteiger partial charge in [0, 0.05) is 13.0 Å². The zero-order valence-electron chi connectivity index (χ0n) is 11.6. The number of imide groups is 1. The number of aliphatic carboxylic acids is 1. The summed E-state index contributed by atoms with van der Waals surface area (Å²) in [4.78, 5) is 47.7. The molecule has 0 aromatic heterocycles. The van der Waals surface area contributed by atoms with E-state index < -0.39 is 29.7 Å². The maximum atomic E-state index is 12.4. The van der Waals surface area contributed by atoms with E-state index in [0.717, 1.165) is 0 Å². The molecule has 2 rings (SSSR count). The maximum absolute atomic E-state index is 12.4. The van der Waals surface area contributed by atoms with Gasteiger partial charge in [-0.05, 0) is 18.1 Å². The van der Waals surface area contributed by atoms with Gasteiger partial charge in [0.2, 0.25) is 5.91 Å². The first kappa shape index (κ1) is 15.6. The van der Waals surface area contributed by atoms with E-state index in [-0.39, 0.29) is 30.5 Å². The zero-order chi connectivity index (χ0) is 16.4. The van der Waals surface area contributed by atoms with E-state index in [4.69, 9.17) is 11.5 Å². The third kappa shape index (κ3) is 2.56. The second kappa shape index (κ2) is 5.94. The highest BCUT2D eigenvalue weighted by Gasteiger charge is 2.43. The fourth-order valence-electron chi connectivity index (χ4n) is 2.47. The van der Waals surface area contributed by atoms with Crippen LogP contribution in [0, 0.1) is 0 Å². The highest BCUT2D eigenvalue weighted by atomic mass is 16.4. The van der Waals surface area contributed by atoms with E-state index in [1.54, 1.807) is 12.1 Å². The third-order valence-corrected chi connectivity index (χ3v) is 3.51. The van der Waals surface area contributed by atoms with Crippen LogP contribution in [-0.2, 0) is 16.1 Å². The predicted octanol–water partition coefficient (Wildman–Crippen LogP) is -0.540. The number of hydrogen-bond donors (Lipinski definition) is 3. The molecular formula is C14H15N3O5. The number of carbonyl (C=O) groups is 4. The number of amides is 3. The van der Waals surface area contributed by atoms with Gasteiger partial charge in [-0.1, -0.05) is 12.1 Å². The van der Waals surface area contributed by atoms with Crippen molar-refractivity contribution in [3.63, 3.8) is 0 Å². The van der Waals surface area contributed by atoms with Crippen molar-refractivity contribution in [2.45, 2.75) is 25.4 Å². The van der Waals surface area contributed by atoms with Gasteiger partial charge < -0.3 is 16.6 Å². The molecule has 22 heavy (non-hydrogen) atoms. The van der Waals surface area contributed by atoms with Crippen LogP contribution in [0.15, 0.2) is 18.2 Å². The Balaban J connectivity index is 2.41. The largest absolute Gasteiger partial charge is 0.480 e. The van der Waals surface area contributed by atoms with Gasteiger partial charge in [-0.3, -0.25) is 19.3 Å². The van der Waals surface area contributed by atoms with Gasteiger partial charge in [0.05, 0.1) is 11.1 Å². The van der Waals surface area contributed by atoms with Gasteiger partial charge in [0.25, 0.3) is 11.8 Å². The Morgan fingerprint density at radius 1 is 1.23 bits per heavy atom. The first-order valence-electron chi connectivity index (χ1n) is 6.59. The van der Waals surface area contributed by atoms with Crippen LogP contribution >= 0.6 is 0 Å². The lowest BCUT2D eigenvalue weighted by atomic mass is 10.0. The van der Waals surface area contributed by atoms with Gasteiger partial charge >= 0.3 is 5.97 Å². The fraction of sp³-hybridized carbons (Fsp3) is 0.286. The number of fused-ring (bicyclic) bond motifs is 1. The molecule has 0 radical (unpaired) electrons. The molecular weight excluding hydrogens is 290 g/mol. The van der Waals surface area contributed by atoms with Gasteiger partial charge in [-0.25, -0.2) is 4.79 Å². The highest BCUT2D eigenvalue weighted by Crippen LogP contribution is 2.28. The summed E-state index contributed by atoms with van der Waals surface area (Å²) in [6.07, 6.45) is -0.470. The number of carboxylic acids is 1. The number of nitrogens with two attached hydrogens (primary N) is 2. The molecule has 8 heteroatoms. The summed E-state index contributed by atoms with van der Waals surface area (Å²) in [5.41, 5.74) is 11.3. The van der Waals surface area contributed by atoms with Crippen molar-refractivity contribution in [3.8, 4) is 0 Å². The lowest BCUT2D eigenvalue weighted by Crippen LogP contribution is -2.45. The van der Waals surface area contributed by atoms with Crippen LogP contribution in [0.3, 0.4) is 0 Å². The molecule has 0 aliphatic carbocycles. The van der Waals surface area contributed by atoms with Crippen LogP contribution in [-0.4, -0.2) is 39.7 Å². The van der Waals surface area contributed by atoms with Gasteiger partial charge in [-0.2, -0.15) is 0 Å². The van der Waals surface area contributed by atoms with Crippen LogP contribution < -0.4 is 11.5 Å². The van der Waals surface area contributed by atoms with Crippen molar-refractivity contribution in [2.24, 2.45) is 11.5 Å². The highest BCUT2D eigenvalue weighted by molar-refractivity contribution is 6.23. The predicted molar refractivity (Wildman–Crippen MR) is 74.7 cm³/mol. The monoisotopic (exact) mass is 305 g/mol. The third-order valence-electron chi connectivity index (χ3n) is 3.51. The Bertz CT molecular complexity index is 670. The standard InChI is InChI=1S/C14H15N3O5/c15-6-7-2-1-3-8-11(7)13(20)17(12(8)19)9(14(21)22)4-5-10(16)18/h1-3,9H,4-6,15H2,(H2,16,18)(H,21,22)/t9-/m0/s1. The van der Waals surface area contributed by atoms with E-state index in [0.29, 0.717) is 10.5 Å². The average Bonchev–Trinajstić information content (AvgIpc) is 2.72. The van der Waals surface area contributed by atoms with E-state index >= 15 is 0 Å². The van der Waals surface area contributed by atoms with Crippen LogP contribution in [0.4, 0.5) is 0 Å². The Hall–Kier alpha value is -2.74. The Morgan fingerprint density at radius 2 is 1.91 bits per heavy atom. The van der Waals surface area contributed by atoms with E-state index in [1.165, 1.54) is 6.07 Å². The minimum absolute atomic E-state index is 0.0507. The molecule has 0 spiro atoms. The van der Waals surface area contributed by atoms with Crippen molar-refractivity contribution in [2.75, 3.05) is 0 Å². The molecule has 1 aliphatic rings. The number of hydrogen-bond acceptors (Lipinski definition) is 5. The average molecular weight is 305 g/mol. The molecule has 1 aliphatic heterocycles. The number of nitrogens with zero attached hydrogens (tertiary/aromatic N) is 1. The smallest absolute Gasteiger partial charge is 0.326 e. The Labute approximate surface area is 125 Å². The number of rotatable bonds is 6. The minimum Gasteiger partial charge on any atom is -0.480 e. The van der Waals surface area contributed by atoms with Gasteiger partial charge in [0.15, 0.2) is 0 Å². The number of benzene rings is 1. The van der Waals surface area contributed by atoms with Gasteiger partial charge in [-0.15, -0.1) is 0 Å². The van der Waals surface area contributed by atoms with Gasteiger partial charge in [0.1, 0.15) is 6.04 Å². The first-order valence-corrected chi connectivity index (χ1v) is 6.59. The Morgan fingerprint density at radius 3 is 2.45 bits per heavy atom. The van der Waals surface area contributed by atoms with Crippen molar-refractivity contribution in [1.29, 1.82) is 0 Å². The van der Waals surface area contributed by atoms with E-state index in [2.05, 4.69) is 0 Å². The van der Waals surface area contributed by atoms with Crippen LogP contribution in [0.1, 0.15) is 39.1 Å². The summed E-state index contributed by atoms with van der Waals surface area (Å²) >= 11 is 0. The number of primary amides is 1. The summed E-state index contributed by atoms with van der Waals surface area (Å²) in [7, 11) is 0. The second-order valence-corrected chi connectivity index (χ2v) is 4.88. The Kier molecular flexibility index (Phi) is 4.22. The molecule has 3 amide bonds. The second-order valence-electron chi connectivity index (χ2n) is 4.88. The van der Waals surface area contributed by atoms with E-state index in [9.17, 15) is 24.3 Å². The maximum Gasteiger partial charge on any atom is 0.326 e. The molecule has 0 fully saturated rings. The molecule has 5 N–H and O–H groups in total. The summed E-state index contributed by atoms with van der Waals surface area (Å²) < 4.78 is 0. The van der Waals surface area contributed by atoms with Crippen molar-refractivity contribution >= 4 is 23.7 Å². The van der Waals surface area contributed by atoms with E-state index in [1.807, 2.05) is 0 Å². The summed E-state index contributed by atoms with van der Waals surface area (Å²) in [6.45, 7) is 0.0507. The van der Waals surface area contributed by atoms with Crippen LogP contribution in [0.25, 0.3) is 0 Å². The zero-order valence-corrected chi connectivity index (χ0v) is 11.6. The normalized spacial score (nSPS) is 14.9. The minimum atomic E-state index is -1.44. The molecule has 1 heterocycles. The molecule has 1 aromatic rings. The lowest BCUT2D eigenvalue weighted by Gasteiger charge is -2.22. The van der Waals surface area contributed by atoms with Crippen molar-refractivity contribution in [3.05, 3.63) is 34.9 Å². The molecule has 0 unspecified atom stereocenters. The van der Waals surface area contributed by atoms with Crippen LogP contribution in [0.2, 0.25) is 0 Å². The topological polar surface area (TPSA) is 144 Å². The molecule has 0 bridgehead atoms. The quantitative estimate of drug-likeness (QED) is 0.602. The summed E-state index contributed by atoms with van der Waals surface area (Å²) in [5, 5.41) is 9.26. The van der Waals surface area contributed by atoms with Crippen molar-refractivity contribution in [1.82, 2.24) is 4.90 Å².